The van der Waals surface area contributed by atoms with Gasteiger partial charge in [-0.25, -0.2) is 0 Å². The molecule has 118 valence electrons. The van der Waals surface area contributed by atoms with Crippen LogP contribution >= 0.6 is 11.8 Å². The molecule has 1 aliphatic rings. The van der Waals surface area contributed by atoms with Gasteiger partial charge in [-0.05, 0) is 52.9 Å². The Bertz CT molecular complexity index is 893. The number of fused-ring (bicyclic) bond motifs is 3. The van der Waals surface area contributed by atoms with Crippen molar-refractivity contribution < 1.29 is 4.79 Å². The third-order valence-electron chi connectivity index (χ3n) is 4.10. The average molecular weight is 332 g/mol. The van der Waals surface area contributed by atoms with Crippen LogP contribution in [0.15, 0.2) is 71.9 Å². The summed E-state index contributed by atoms with van der Waals surface area (Å²) in [5.74, 6) is 0.397. The number of nitrogens with one attached hydrogen (secondary N) is 1. The van der Waals surface area contributed by atoms with Crippen LogP contribution in [0.1, 0.15) is 11.1 Å². The molecule has 0 bridgehead atoms. The largest absolute Gasteiger partial charge is 0.325 e. The number of hydrogen-bond donors (Lipinski definition) is 1. The number of carbonyl (C=O) groups is 1. The maximum Gasteiger partial charge on any atom is 0.234 e. The van der Waals surface area contributed by atoms with Crippen molar-refractivity contribution in [1.29, 1.82) is 0 Å². The molecule has 3 aromatic rings. The van der Waals surface area contributed by atoms with Gasteiger partial charge in [-0.15, -0.1) is 11.8 Å². The van der Waals surface area contributed by atoms with Gasteiger partial charge in [-0.2, -0.15) is 0 Å². The number of rotatable bonds is 4. The molecule has 1 N–H and O–H groups in total. The lowest BCUT2D eigenvalue weighted by Crippen LogP contribution is -2.14. The topological polar surface area (TPSA) is 42.0 Å². The fraction of sp³-hybridized carbons (Fsp3) is 0.100. The monoisotopic (exact) mass is 332 g/mol. The van der Waals surface area contributed by atoms with Crippen LogP contribution in [0.2, 0.25) is 0 Å². The van der Waals surface area contributed by atoms with E-state index in [-0.39, 0.29) is 5.91 Å². The van der Waals surface area contributed by atoms with Crippen molar-refractivity contribution in [2.75, 3.05) is 11.1 Å². The van der Waals surface area contributed by atoms with E-state index in [1.54, 1.807) is 12.4 Å². The highest BCUT2D eigenvalue weighted by atomic mass is 32.2. The summed E-state index contributed by atoms with van der Waals surface area (Å²) in [6.45, 7) is 0. The number of anilines is 1. The van der Waals surface area contributed by atoms with Crippen molar-refractivity contribution in [3.8, 4) is 11.1 Å². The van der Waals surface area contributed by atoms with Crippen molar-refractivity contribution in [3.63, 3.8) is 0 Å². The van der Waals surface area contributed by atoms with Crippen LogP contribution in [0.5, 0.6) is 0 Å². The number of amides is 1. The van der Waals surface area contributed by atoms with Crippen LogP contribution in [0, 0.1) is 0 Å². The lowest BCUT2D eigenvalue weighted by Gasteiger charge is -2.08. The van der Waals surface area contributed by atoms with Crippen LogP contribution in [-0.2, 0) is 11.2 Å². The van der Waals surface area contributed by atoms with Crippen LogP contribution < -0.4 is 5.32 Å². The maximum atomic E-state index is 12.2. The van der Waals surface area contributed by atoms with E-state index in [2.05, 4.69) is 46.7 Å². The normalized spacial score (nSPS) is 11.7. The van der Waals surface area contributed by atoms with Crippen LogP contribution in [0.4, 0.5) is 5.69 Å². The van der Waals surface area contributed by atoms with Gasteiger partial charge in [0.15, 0.2) is 0 Å². The summed E-state index contributed by atoms with van der Waals surface area (Å²) in [4.78, 5) is 17.2. The summed E-state index contributed by atoms with van der Waals surface area (Å²) in [6, 6.07) is 18.5. The highest BCUT2D eigenvalue weighted by molar-refractivity contribution is 8.00. The van der Waals surface area contributed by atoms with E-state index in [0.29, 0.717) is 5.75 Å². The third kappa shape index (κ3) is 3.05. The van der Waals surface area contributed by atoms with E-state index in [0.717, 1.165) is 17.0 Å². The Morgan fingerprint density at radius 3 is 2.67 bits per heavy atom. The molecule has 4 rings (SSSR count). The summed E-state index contributed by atoms with van der Waals surface area (Å²) in [7, 11) is 0. The predicted octanol–water partition coefficient (Wildman–Crippen LogP) is 4.38. The molecule has 24 heavy (non-hydrogen) atoms. The number of thioether (sulfide) groups is 1. The number of aromatic nitrogens is 1. The summed E-state index contributed by atoms with van der Waals surface area (Å²) in [6.07, 6.45) is 4.40. The second-order valence-corrected chi connectivity index (χ2v) is 6.77. The molecule has 1 aliphatic carbocycles. The molecule has 0 atom stereocenters. The first-order valence-electron chi connectivity index (χ1n) is 7.83. The predicted molar refractivity (Wildman–Crippen MR) is 98.3 cm³/mol. The highest BCUT2D eigenvalue weighted by Gasteiger charge is 2.18. The molecule has 0 fully saturated rings. The molecule has 0 saturated heterocycles. The molecule has 0 unspecified atom stereocenters. The van der Waals surface area contributed by atoms with Crippen molar-refractivity contribution in [2.24, 2.45) is 0 Å². The van der Waals surface area contributed by atoms with E-state index in [4.69, 9.17) is 0 Å². The van der Waals surface area contributed by atoms with Crippen molar-refractivity contribution in [1.82, 2.24) is 4.98 Å². The van der Waals surface area contributed by atoms with E-state index in [9.17, 15) is 4.79 Å². The molecule has 0 saturated carbocycles. The minimum absolute atomic E-state index is 0.00673. The summed E-state index contributed by atoms with van der Waals surface area (Å²) in [5.41, 5.74) is 6.07. The van der Waals surface area contributed by atoms with Gasteiger partial charge in [0.1, 0.15) is 0 Å². The molecule has 0 radical (unpaired) electrons. The summed E-state index contributed by atoms with van der Waals surface area (Å²) < 4.78 is 0. The Morgan fingerprint density at radius 2 is 1.79 bits per heavy atom. The first-order valence-corrected chi connectivity index (χ1v) is 8.82. The van der Waals surface area contributed by atoms with Gasteiger partial charge in [0.05, 0.1) is 5.75 Å². The zero-order valence-electron chi connectivity index (χ0n) is 13.0. The van der Waals surface area contributed by atoms with E-state index in [1.165, 1.54) is 34.0 Å². The molecule has 0 spiro atoms. The molecule has 0 aliphatic heterocycles. The standard InChI is InChI=1S/C20H16N2OS/c23-20(13-24-17-7-9-21-10-8-17)22-16-5-6-19-15(12-16)11-14-3-1-2-4-18(14)19/h1-10,12H,11,13H2,(H,22,23). The van der Waals surface area contributed by atoms with Gasteiger partial charge in [0, 0.05) is 23.0 Å². The molecular weight excluding hydrogens is 316 g/mol. The second kappa shape index (κ2) is 6.49. The zero-order chi connectivity index (χ0) is 16.4. The Kier molecular flexibility index (Phi) is 4.05. The highest BCUT2D eigenvalue weighted by Crippen LogP contribution is 2.37. The smallest absolute Gasteiger partial charge is 0.234 e. The molecule has 1 amide bonds. The molecule has 1 aromatic heterocycles. The van der Waals surface area contributed by atoms with E-state index in [1.807, 2.05) is 18.2 Å². The first-order chi connectivity index (χ1) is 11.8. The van der Waals surface area contributed by atoms with Gasteiger partial charge in [-0.1, -0.05) is 30.3 Å². The second-order valence-electron chi connectivity index (χ2n) is 5.73. The van der Waals surface area contributed by atoms with Gasteiger partial charge < -0.3 is 5.32 Å². The first kappa shape index (κ1) is 15.0. The van der Waals surface area contributed by atoms with Crippen LogP contribution in [-0.4, -0.2) is 16.6 Å². The van der Waals surface area contributed by atoms with E-state index >= 15 is 0 Å². The van der Waals surface area contributed by atoms with Gasteiger partial charge >= 0.3 is 0 Å². The Morgan fingerprint density at radius 1 is 1.00 bits per heavy atom. The minimum atomic E-state index is 0.00673. The number of carbonyl (C=O) groups excluding carboxylic acids is 1. The fourth-order valence-corrected chi connectivity index (χ4v) is 3.69. The number of nitrogens with zero attached hydrogens (tertiary/aromatic N) is 1. The Balaban J connectivity index is 1.43. The van der Waals surface area contributed by atoms with Crippen molar-refractivity contribution in [2.45, 2.75) is 11.3 Å². The fourth-order valence-electron chi connectivity index (χ4n) is 3.00. The number of hydrogen-bond acceptors (Lipinski definition) is 3. The SMILES string of the molecule is O=C(CSc1ccncc1)Nc1ccc2c(c1)Cc1ccccc1-2. The number of pyridine rings is 1. The summed E-state index contributed by atoms with van der Waals surface area (Å²) in [5, 5.41) is 2.99. The quantitative estimate of drug-likeness (QED) is 0.564. The van der Waals surface area contributed by atoms with E-state index < -0.39 is 0 Å². The van der Waals surface area contributed by atoms with Crippen LogP contribution in [0.25, 0.3) is 11.1 Å². The van der Waals surface area contributed by atoms with Crippen molar-refractivity contribution >= 4 is 23.4 Å². The lowest BCUT2D eigenvalue weighted by molar-refractivity contribution is -0.113. The molecular formula is C20H16N2OS. The molecule has 4 heteroatoms. The van der Waals surface area contributed by atoms with Gasteiger partial charge in [0.2, 0.25) is 5.91 Å². The zero-order valence-corrected chi connectivity index (χ0v) is 13.8. The minimum Gasteiger partial charge on any atom is -0.325 e. The van der Waals surface area contributed by atoms with Gasteiger partial charge in [0.25, 0.3) is 0 Å². The Hall–Kier alpha value is -2.59. The maximum absolute atomic E-state index is 12.2. The van der Waals surface area contributed by atoms with Crippen molar-refractivity contribution in [3.05, 3.63) is 78.1 Å². The van der Waals surface area contributed by atoms with Crippen LogP contribution in [0.3, 0.4) is 0 Å². The Labute approximate surface area is 145 Å². The van der Waals surface area contributed by atoms with Gasteiger partial charge in [-0.3, -0.25) is 9.78 Å². The average Bonchev–Trinajstić information content (AvgIpc) is 2.98. The molecule has 2 aromatic carbocycles. The lowest BCUT2D eigenvalue weighted by atomic mass is 10.1. The third-order valence-corrected chi connectivity index (χ3v) is 5.11. The number of benzene rings is 2. The molecule has 3 nitrogen and oxygen atoms in total. The molecule has 1 heterocycles. The summed E-state index contributed by atoms with van der Waals surface area (Å²) >= 11 is 1.51.